The van der Waals surface area contributed by atoms with Crippen LogP contribution in [0.4, 0.5) is 0 Å². The van der Waals surface area contributed by atoms with Gasteiger partial charge in [-0.2, -0.15) is 0 Å². The van der Waals surface area contributed by atoms with Crippen LogP contribution in [0.2, 0.25) is 5.02 Å². The maximum Gasteiger partial charge on any atom is 0.256 e. The lowest BCUT2D eigenvalue weighted by molar-refractivity contribution is 0.241. The summed E-state index contributed by atoms with van der Waals surface area (Å²) in [6, 6.07) is 5.19. The third-order valence-corrected chi connectivity index (χ3v) is 4.62. The molecule has 2 aromatic rings. The first-order chi connectivity index (χ1) is 10.6. The van der Waals surface area contributed by atoms with E-state index in [9.17, 15) is 9.90 Å². The third kappa shape index (κ3) is 3.14. The number of aromatic nitrogens is 2. The summed E-state index contributed by atoms with van der Waals surface area (Å²) in [4.78, 5) is 21.6. The standard InChI is InChI=1S/C15H16ClN3O2S/c1-22-15-17-12-4-5-19(8-10(12)14(21)18-15)7-9-2-3-13(20)11(16)6-9/h2-3,6,20H,4-5,7-8H2,1H3,(H,17,18,21). The molecule has 1 aliphatic heterocycles. The summed E-state index contributed by atoms with van der Waals surface area (Å²) in [6.07, 6.45) is 2.66. The number of H-pyrrole nitrogens is 1. The molecule has 0 radical (unpaired) electrons. The lowest BCUT2D eigenvalue weighted by atomic mass is 10.1. The van der Waals surface area contributed by atoms with Crippen molar-refractivity contribution in [1.82, 2.24) is 14.9 Å². The average Bonchev–Trinajstić information content (AvgIpc) is 2.51. The van der Waals surface area contributed by atoms with Crippen LogP contribution in [0.5, 0.6) is 5.75 Å². The van der Waals surface area contributed by atoms with Crippen LogP contribution in [0.15, 0.2) is 28.2 Å². The molecule has 0 saturated heterocycles. The molecule has 1 aliphatic rings. The van der Waals surface area contributed by atoms with Gasteiger partial charge in [0.15, 0.2) is 5.16 Å². The largest absolute Gasteiger partial charge is 0.506 e. The zero-order valence-electron chi connectivity index (χ0n) is 12.1. The first kappa shape index (κ1) is 15.4. The minimum atomic E-state index is -0.0530. The molecule has 1 aromatic heterocycles. The van der Waals surface area contributed by atoms with E-state index >= 15 is 0 Å². The van der Waals surface area contributed by atoms with Crippen LogP contribution in [0.25, 0.3) is 0 Å². The van der Waals surface area contributed by atoms with Crippen molar-refractivity contribution in [3.05, 3.63) is 50.4 Å². The summed E-state index contributed by atoms with van der Waals surface area (Å²) in [7, 11) is 0. The number of fused-ring (bicyclic) bond motifs is 1. The van der Waals surface area contributed by atoms with E-state index in [1.165, 1.54) is 11.8 Å². The normalized spacial score (nSPS) is 14.8. The van der Waals surface area contributed by atoms with E-state index in [4.69, 9.17) is 11.6 Å². The maximum absolute atomic E-state index is 12.2. The molecule has 0 saturated carbocycles. The van der Waals surface area contributed by atoms with E-state index in [1.807, 2.05) is 12.3 Å². The van der Waals surface area contributed by atoms with Crippen molar-refractivity contribution >= 4 is 23.4 Å². The van der Waals surface area contributed by atoms with Crippen molar-refractivity contribution in [2.24, 2.45) is 0 Å². The number of aromatic hydroxyl groups is 1. The number of phenolic OH excluding ortho intramolecular Hbond substituents is 1. The van der Waals surface area contributed by atoms with Gasteiger partial charge < -0.3 is 10.1 Å². The molecule has 116 valence electrons. The van der Waals surface area contributed by atoms with E-state index in [-0.39, 0.29) is 11.3 Å². The number of hydrogen-bond donors (Lipinski definition) is 2. The molecule has 0 unspecified atom stereocenters. The molecule has 7 heteroatoms. The van der Waals surface area contributed by atoms with E-state index in [1.54, 1.807) is 12.1 Å². The minimum absolute atomic E-state index is 0.0530. The first-order valence-electron chi connectivity index (χ1n) is 6.92. The Morgan fingerprint density at radius 2 is 2.32 bits per heavy atom. The molecule has 0 aliphatic carbocycles. The highest BCUT2D eigenvalue weighted by atomic mass is 35.5. The Bertz CT molecular complexity index is 763. The van der Waals surface area contributed by atoms with Gasteiger partial charge in [-0.05, 0) is 24.0 Å². The number of rotatable bonds is 3. The number of nitrogens with one attached hydrogen (secondary N) is 1. The molecule has 2 heterocycles. The Morgan fingerprint density at radius 3 is 3.05 bits per heavy atom. The number of aromatic amines is 1. The summed E-state index contributed by atoms with van der Waals surface area (Å²) in [5.74, 6) is 0.0830. The van der Waals surface area contributed by atoms with E-state index in [0.29, 0.717) is 23.3 Å². The average molecular weight is 338 g/mol. The lowest BCUT2D eigenvalue weighted by Crippen LogP contribution is -2.35. The van der Waals surface area contributed by atoms with Gasteiger partial charge >= 0.3 is 0 Å². The molecule has 0 spiro atoms. The second-order valence-corrected chi connectivity index (χ2v) is 6.45. The van der Waals surface area contributed by atoms with E-state index in [2.05, 4.69) is 14.9 Å². The van der Waals surface area contributed by atoms with Gasteiger partial charge in [0.2, 0.25) is 0 Å². The summed E-state index contributed by atoms with van der Waals surface area (Å²) in [5.41, 5.74) is 2.60. The van der Waals surface area contributed by atoms with Gasteiger partial charge in [-0.25, -0.2) is 4.98 Å². The van der Waals surface area contributed by atoms with Crippen LogP contribution in [0, 0.1) is 0 Å². The van der Waals surface area contributed by atoms with Crippen molar-refractivity contribution in [1.29, 1.82) is 0 Å². The fourth-order valence-corrected chi connectivity index (χ4v) is 3.20. The smallest absolute Gasteiger partial charge is 0.256 e. The lowest BCUT2D eigenvalue weighted by Gasteiger charge is -2.27. The predicted octanol–water partition coefficient (Wildman–Crippen LogP) is 2.41. The molecule has 22 heavy (non-hydrogen) atoms. The highest BCUT2D eigenvalue weighted by Crippen LogP contribution is 2.25. The monoisotopic (exact) mass is 337 g/mol. The summed E-state index contributed by atoms with van der Waals surface area (Å²) >= 11 is 7.38. The van der Waals surface area contributed by atoms with Crippen LogP contribution >= 0.6 is 23.4 Å². The molecule has 0 atom stereocenters. The number of phenols is 1. The van der Waals surface area contributed by atoms with Gasteiger partial charge in [-0.3, -0.25) is 9.69 Å². The van der Waals surface area contributed by atoms with Gasteiger partial charge in [0.25, 0.3) is 5.56 Å². The Balaban J connectivity index is 1.79. The quantitative estimate of drug-likeness (QED) is 0.665. The van der Waals surface area contributed by atoms with Crippen LogP contribution in [0.3, 0.4) is 0 Å². The van der Waals surface area contributed by atoms with Crippen LogP contribution in [-0.2, 0) is 19.5 Å². The predicted molar refractivity (Wildman–Crippen MR) is 87.6 cm³/mol. The van der Waals surface area contributed by atoms with Crippen LogP contribution < -0.4 is 5.56 Å². The zero-order chi connectivity index (χ0) is 15.7. The third-order valence-electron chi connectivity index (χ3n) is 3.74. The number of halogens is 1. The van der Waals surface area contributed by atoms with E-state index in [0.717, 1.165) is 29.8 Å². The summed E-state index contributed by atoms with van der Waals surface area (Å²) in [6.45, 7) is 2.10. The first-order valence-corrected chi connectivity index (χ1v) is 8.53. The molecule has 0 bridgehead atoms. The molecule has 5 nitrogen and oxygen atoms in total. The molecular weight excluding hydrogens is 322 g/mol. The van der Waals surface area contributed by atoms with Gasteiger partial charge in [0.1, 0.15) is 5.75 Å². The molecule has 3 rings (SSSR count). The van der Waals surface area contributed by atoms with Crippen molar-refractivity contribution in [2.75, 3.05) is 12.8 Å². The van der Waals surface area contributed by atoms with Crippen LogP contribution in [0.1, 0.15) is 16.8 Å². The number of hydrogen-bond acceptors (Lipinski definition) is 5. The summed E-state index contributed by atoms with van der Waals surface area (Å²) in [5, 5.41) is 10.5. The zero-order valence-corrected chi connectivity index (χ0v) is 13.7. The number of nitrogens with zero attached hydrogens (tertiary/aromatic N) is 2. The second kappa shape index (κ2) is 6.32. The maximum atomic E-state index is 12.2. The molecular formula is C15H16ClN3O2S. The van der Waals surface area contributed by atoms with Crippen molar-refractivity contribution in [3.8, 4) is 5.75 Å². The Morgan fingerprint density at radius 1 is 1.50 bits per heavy atom. The molecule has 0 fully saturated rings. The van der Waals surface area contributed by atoms with Gasteiger partial charge in [0.05, 0.1) is 16.3 Å². The van der Waals surface area contributed by atoms with Gasteiger partial charge in [0, 0.05) is 26.1 Å². The Kier molecular flexibility index (Phi) is 4.42. The fraction of sp³-hybridized carbons (Fsp3) is 0.333. The number of benzene rings is 1. The van der Waals surface area contributed by atoms with E-state index < -0.39 is 0 Å². The Labute approximate surface area is 137 Å². The molecule has 0 amide bonds. The summed E-state index contributed by atoms with van der Waals surface area (Å²) < 4.78 is 0. The molecule has 2 N–H and O–H groups in total. The molecule has 1 aromatic carbocycles. The SMILES string of the molecule is CSc1nc2c(c(=O)[nH]1)CN(Cc1ccc(O)c(Cl)c1)CC2. The van der Waals surface area contributed by atoms with Crippen LogP contribution in [-0.4, -0.2) is 32.8 Å². The second-order valence-electron chi connectivity index (χ2n) is 5.25. The van der Waals surface area contributed by atoms with Crippen molar-refractivity contribution in [2.45, 2.75) is 24.7 Å². The highest BCUT2D eigenvalue weighted by molar-refractivity contribution is 7.98. The van der Waals surface area contributed by atoms with Gasteiger partial charge in [-0.1, -0.05) is 29.4 Å². The fourth-order valence-electron chi connectivity index (χ4n) is 2.60. The van der Waals surface area contributed by atoms with Crippen molar-refractivity contribution < 1.29 is 5.11 Å². The minimum Gasteiger partial charge on any atom is -0.506 e. The Hall–Kier alpha value is -1.50. The van der Waals surface area contributed by atoms with Gasteiger partial charge in [-0.15, -0.1) is 0 Å². The topological polar surface area (TPSA) is 69.2 Å². The highest BCUT2D eigenvalue weighted by Gasteiger charge is 2.21. The number of thioether (sulfide) groups is 1. The van der Waals surface area contributed by atoms with Crippen molar-refractivity contribution in [3.63, 3.8) is 0 Å².